The molecule has 0 aliphatic rings. The lowest BCUT2D eigenvalue weighted by Crippen LogP contribution is -2.28. The Morgan fingerprint density at radius 3 is 2.29 bits per heavy atom. The summed E-state index contributed by atoms with van der Waals surface area (Å²) in [5.41, 5.74) is 5.95. The first kappa shape index (κ1) is 20.4. The first-order chi connectivity index (χ1) is 15.1. The van der Waals surface area contributed by atoms with Crippen molar-refractivity contribution in [3.8, 4) is 22.6 Å². The van der Waals surface area contributed by atoms with Crippen molar-refractivity contribution >= 4 is 5.91 Å². The fourth-order valence-corrected chi connectivity index (χ4v) is 3.58. The summed E-state index contributed by atoms with van der Waals surface area (Å²) in [5.74, 6) is 0.516. The zero-order chi connectivity index (χ0) is 21.6. The maximum atomic E-state index is 12.5. The Kier molecular flexibility index (Phi) is 6.13. The highest BCUT2D eigenvalue weighted by Gasteiger charge is 2.14. The van der Waals surface area contributed by atoms with Crippen LogP contribution in [0.15, 0.2) is 84.9 Å². The summed E-state index contributed by atoms with van der Waals surface area (Å²) < 4.78 is 7.75. The Morgan fingerprint density at radius 2 is 1.55 bits per heavy atom. The first-order valence-corrected chi connectivity index (χ1v) is 10.3. The smallest absolute Gasteiger partial charge is 0.258 e. The van der Waals surface area contributed by atoms with Crippen molar-refractivity contribution in [3.05, 3.63) is 102 Å². The zero-order valence-corrected chi connectivity index (χ0v) is 17.7. The van der Waals surface area contributed by atoms with Crippen LogP contribution in [0.5, 0.6) is 5.75 Å². The third kappa shape index (κ3) is 4.67. The highest BCUT2D eigenvalue weighted by molar-refractivity contribution is 5.78. The van der Waals surface area contributed by atoms with Gasteiger partial charge in [-0.05, 0) is 37.6 Å². The summed E-state index contributed by atoms with van der Waals surface area (Å²) in [4.78, 5) is 12.5. The zero-order valence-electron chi connectivity index (χ0n) is 17.7. The summed E-state index contributed by atoms with van der Waals surface area (Å²) >= 11 is 0. The average molecular weight is 412 g/mol. The lowest BCUT2D eigenvalue weighted by molar-refractivity contribution is -0.123. The molecular weight excluding hydrogens is 386 g/mol. The van der Waals surface area contributed by atoms with Crippen molar-refractivity contribution in [2.45, 2.75) is 20.4 Å². The Morgan fingerprint density at radius 1 is 0.903 bits per heavy atom. The molecule has 4 aromatic rings. The molecule has 1 aromatic heterocycles. The van der Waals surface area contributed by atoms with E-state index in [-0.39, 0.29) is 12.5 Å². The number of benzene rings is 3. The predicted molar refractivity (Wildman–Crippen MR) is 122 cm³/mol. The van der Waals surface area contributed by atoms with Crippen LogP contribution in [-0.2, 0) is 11.3 Å². The molecule has 0 aliphatic heterocycles. The van der Waals surface area contributed by atoms with Gasteiger partial charge in [0.15, 0.2) is 6.61 Å². The number of nitrogens with zero attached hydrogens (tertiary/aromatic N) is 2. The number of carbonyl (C=O) groups is 1. The van der Waals surface area contributed by atoms with Gasteiger partial charge in [0.25, 0.3) is 5.91 Å². The van der Waals surface area contributed by atoms with E-state index in [1.54, 1.807) is 0 Å². The van der Waals surface area contributed by atoms with Gasteiger partial charge in [0, 0.05) is 23.4 Å². The SMILES string of the molecule is Cc1nn(-c2ccccc2)c(C)c1CNC(=O)COc1ccccc1-c1ccccc1. The molecule has 31 heavy (non-hydrogen) atoms. The van der Waals surface area contributed by atoms with Gasteiger partial charge >= 0.3 is 0 Å². The van der Waals surface area contributed by atoms with Crippen molar-refractivity contribution in [1.29, 1.82) is 0 Å². The molecule has 1 heterocycles. The lowest BCUT2D eigenvalue weighted by atomic mass is 10.1. The maximum Gasteiger partial charge on any atom is 0.258 e. The second-order valence-corrected chi connectivity index (χ2v) is 7.32. The molecule has 1 N–H and O–H groups in total. The van der Waals surface area contributed by atoms with E-state index in [1.165, 1.54) is 0 Å². The van der Waals surface area contributed by atoms with Crippen LogP contribution in [0.3, 0.4) is 0 Å². The number of nitrogens with one attached hydrogen (secondary N) is 1. The molecule has 3 aromatic carbocycles. The van der Waals surface area contributed by atoms with E-state index in [2.05, 4.69) is 10.4 Å². The van der Waals surface area contributed by atoms with E-state index in [0.29, 0.717) is 12.3 Å². The molecule has 0 spiro atoms. The Balaban J connectivity index is 1.40. The molecule has 0 saturated heterocycles. The molecular formula is C26H25N3O2. The molecule has 1 amide bonds. The van der Waals surface area contributed by atoms with E-state index >= 15 is 0 Å². The minimum absolute atomic E-state index is 0.0469. The van der Waals surface area contributed by atoms with Gasteiger partial charge in [0.2, 0.25) is 0 Å². The standard InChI is InChI=1S/C26H25N3O2/c1-19-24(20(2)29(28-19)22-13-7-4-8-14-22)17-27-26(30)18-31-25-16-10-9-15-23(25)21-11-5-3-6-12-21/h3-16H,17-18H2,1-2H3,(H,27,30). The van der Waals surface area contributed by atoms with Crippen molar-refractivity contribution in [1.82, 2.24) is 15.1 Å². The molecule has 0 aliphatic carbocycles. The van der Waals surface area contributed by atoms with Gasteiger partial charge in [-0.15, -0.1) is 0 Å². The Bertz CT molecular complexity index is 1170. The largest absolute Gasteiger partial charge is 0.483 e. The van der Waals surface area contributed by atoms with Crippen molar-refractivity contribution < 1.29 is 9.53 Å². The van der Waals surface area contributed by atoms with Crippen LogP contribution in [0.4, 0.5) is 0 Å². The molecule has 0 fully saturated rings. The molecule has 0 radical (unpaired) electrons. The summed E-state index contributed by atoms with van der Waals surface area (Å²) in [6.45, 7) is 4.34. The molecule has 0 saturated carbocycles. The van der Waals surface area contributed by atoms with Gasteiger partial charge in [0.1, 0.15) is 5.75 Å². The number of ether oxygens (including phenoxy) is 1. The quantitative estimate of drug-likeness (QED) is 0.473. The highest BCUT2D eigenvalue weighted by atomic mass is 16.5. The van der Waals surface area contributed by atoms with E-state index < -0.39 is 0 Å². The molecule has 5 nitrogen and oxygen atoms in total. The molecule has 0 unspecified atom stereocenters. The van der Waals surface area contributed by atoms with Crippen LogP contribution in [-0.4, -0.2) is 22.3 Å². The van der Waals surface area contributed by atoms with Crippen LogP contribution in [0.1, 0.15) is 17.0 Å². The Hall–Kier alpha value is -3.86. The normalized spacial score (nSPS) is 10.6. The number of para-hydroxylation sites is 2. The van der Waals surface area contributed by atoms with E-state index in [1.807, 2.05) is 103 Å². The van der Waals surface area contributed by atoms with Crippen molar-refractivity contribution in [2.24, 2.45) is 0 Å². The van der Waals surface area contributed by atoms with Crippen LogP contribution in [0, 0.1) is 13.8 Å². The summed E-state index contributed by atoms with van der Waals surface area (Å²) in [7, 11) is 0. The fraction of sp³-hybridized carbons (Fsp3) is 0.154. The number of aryl methyl sites for hydroxylation is 1. The molecule has 4 rings (SSSR count). The molecule has 0 atom stereocenters. The van der Waals surface area contributed by atoms with Gasteiger partial charge in [0.05, 0.1) is 11.4 Å². The lowest BCUT2D eigenvalue weighted by Gasteiger charge is -2.12. The monoisotopic (exact) mass is 411 g/mol. The summed E-state index contributed by atoms with van der Waals surface area (Å²) in [6, 6.07) is 27.7. The highest BCUT2D eigenvalue weighted by Crippen LogP contribution is 2.29. The average Bonchev–Trinajstić information content (AvgIpc) is 3.11. The van der Waals surface area contributed by atoms with E-state index in [0.717, 1.165) is 33.8 Å². The molecule has 156 valence electrons. The summed E-state index contributed by atoms with van der Waals surface area (Å²) in [6.07, 6.45) is 0. The fourth-order valence-electron chi connectivity index (χ4n) is 3.58. The number of carbonyl (C=O) groups excluding carboxylic acids is 1. The predicted octanol–water partition coefficient (Wildman–Crippen LogP) is 4.85. The van der Waals surface area contributed by atoms with Gasteiger partial charge in [-0.1, -0.05) is 66.7 Å². The van der Waals surface area contributed by atoms with Crippen molar-refractivity contribution in [3.63, 3.8) is 0 Å². The van der Waals surface area contributed by atoms with Crippen molar-refractivity contribution in [2.75, 3.05) is 6.61 Å². The molecule has 5 heteroatoms. The number of hydrogen-bond donors (Lipinski definition) is 1. The molecule has 0 bridgehead atoms. The number of hydrogen-bond acceptors (Lipinski definition) is 3. The van der Waals surface area contributed by atoms with Crippen LogP contribution >= 0.6 is 0 Å². The van der Waals surface area contributed by atoms with E-state index in [4.69, 9.17) is 4.74 Å². The number of rotatable bonds is 7. The first-order valence-electron chi connectivity index (χ1n) is 10.3. The second kappa shape index (κ2) is 9.30. The Labute approximate surface area is 182 Å². The van der Waals surface area contributed by atoms with Gasteiger partial charge in [-0.2, -0.15) is 5.10 Å². The van der Waals surface area contributed by atoms with Gasteiger partial charge < -0.3 is 10.1 Å². The number of amides is 1. The minimum atomic E-state index is -0.172. The summed E-state index contributed by atoms with van der Waals surface area (Å²) in [5, 5.41) is 7.59. The third-order valence-electron chi connectivity index (χ3n) is 5.23. The topological polar surface area (TPSA) is 56.2 Å². The third-order valence-corrected chi connectivity index (χ3v) is 5.23. The number of aromatic nitrogens is 2. The minimum Gasteiger partial charge on any atom is -0.483 e. The van der Waals surface area contributed by atoms with Crippen LogP contribution < -0.4 is 10.1 Å². The van der Waals surface area contributed by atoms with Gasteiger partial charge in [-0.3, -0.25) is 4.79 Å². The van der Waals surface area contributed by atoms with E-state index in [9.17, 15) is 4.79 Å². The van der Waals surface area contributed by atoms with Crippen LogP contribution in [0.2, 0.25) is 0 Å². The van der Waals surface area contributed by atoms with Gasteiger partial charge in [-0.25, -0.2) is 4.68 Å². The maximum absolute atomic E-state index is 12.5. The second-order valence-electron chi connectivity index (χ2n) is 7.32. The van der Waals surface area contributed by atoms with Crippen LogP contribution in [0.25, 0.3) is 16.8 Å².